The van der Waals surface area contributed by atoms with Crippen molar-refractivity contribution in [3.05, 3.63) is 41.8 Å². The molecule has 0 aliphatic carbocycles. The second kappa shape index (κ2) is 3.42. The van der Waals surface area contributed by atoms with Crippen LogP contribution >= 0.6 is 0 Å². The molecule has 0 N–H and O–H groups in total. The normalized spacial score (nSPS) is 10.4. The van der Waals surface area contributed by atoms with E-state index in [1.165, 1.54) is 24.3 Å². The lowest BCUT2D eigenvalue weighted by atomic mass is 10.2. The summed E-state index contributed by atoms with van der Waals surface area (Å²) >= 11 is 0. The van der Waals surface area contributed by atoms with E-state index in [1.807, 2.05) is 6.07 Å². The van der Waals surface area contributed by atoms with Crippen LogP contribution in [0.25, 0.3) is 0 Å². The van der Waals surface area contributed by atoms with Crippen molar-refractivity contribution in [2.75, 3.05) is 0 Å². The molecule has 1 aromatic carbocycles. The first-order valence-corrected chi connectivity index (χ1v) is 5.02. The minimum Gasteiger partial charge on any atom is -0.219 e. The van der Waals surface area contributed by atoms with Gasteiger partial charge in [0.15, 0.2) is 9.84 Å². The lowest BCUT2D eigenvalue weighted by Gasteiger charge is -1.96. The summed E-state index contributed by atoms with van der Waals surface area (Å²) in [4.78, 5) is 0.154. The van der Waals surface area contributed by atoms with Crippen LogP contribution in [0.5, 0.6) is 0 Å². The van der Waals surface area contributed by atoms with Gasteiger partial charge in [-0.2, -0.15) is 5.26 Å². The highest BCUT2D eigenvalue weighted by Crippen LogP contribution is 2.12. The first-order chi connectivity index (χ1) is 6.10. The lowest BCUT2D eigenvalue weighted by Crippen LogP contribution is -1.94. The van der Waals surface area contributed by atoms with Crippen LogP contribution in [0.4, 0.5) is 0 Å². The zero-order chi connectivity index (χ0) is 9.90. The van der Waals surface area contributed by atoms with E-state index < -0.39 is 9.84 Å². The van der Waals surface area contributed by atoms with Gasteiger partial charge < -0.3 is 0 Å². The number of nitriles is 1. The highest BCUT2D eigenvalue weighted by molar-refractivity contribution is 7.94. The molecule has 1 aromatic rings. The fourth-order valence-electron chi connectivity index (χ4n) is 0.815. The molecule has 0 aliphatic rings. The van der Waals surface area contributed by atoms with Gasteiger partial charge in [0.1, 0.15) is 0 Å². The highest BCUT2D eigenvalue weighted by atomic mass is 32.2. The summed E-state index contributed by atoms with van der Waals surface area (Å²) in [6.45, 7) is 3.20. The van der Waals surface area contributed by atoms with E-state index in [0.29, 0.717) is 5.56 Å². The Labute approximate surface area is 76.9 Å². The minimum atomic E-state index is -3.37. The molecule has 0 atom stereocenters. The van der Waals surface area contributed by atoms with Gasteiger partial charge in [-0.15, -0.1) is 0 Å². The van der Waals surface area contributed by atoms with Crippen molar-refractivity contribution >= 4 is 9.84 Å². The van der Waals surface area contributed by atoms with Gasteiger partial charge in [0, 0.05) is 5.41 Å². The van der Waals surface area contributed by atoms with Gasteiger partial charge in [0.2, 0.25) is 0 Å². The minimum absolute atomic E-state index is 0.154. The summed E-state index contributed by atoms with van der Waals surface area (Å²) in [5, 5.41) is 9.35. The molecule has 13 heavy (non-hydrogen) atoms. The second-order valence-electron chi connectivity index (χ2n) is 2.35. The van der Waals surface area contributed by atoms with Crippen LogP contribution in [0.15, 0.2) is 41.1 Å². The molecule has 0 aromatic heterocycles. The first-order valence-electron chi connectivity index (χ1n) is 3.48. The van der Waals surface area contributed by atoms with Crippen molar-refractivity contribution in [2.45, 2.75) is 4.90 Å². The maximum Gasteiger partial charge on any atom is 0.199 e. The van der Waals surface area contributed by atoms with Gasteiger partial charge in [-0.05, 0) is 24.3 Å². The summed E-state index contributed by atoms with van der Waals surface area (Å²) in [7, 11) is -3.37. The molecule has 0 saturated carbocycles. The Morgan fingerprint density at radius 2 is 1.85 bits per heavy atom. The maximum atomic E-state index is 11.2. The smallest absolute Gasteiger partial charge is 0.199 e. The van der Waals surface area contributed by atoms with Crippen molar-refractivity contribution in [1.29, 1.82) is 5.26 Å². The third-order valence-electron chi connectivity index (χ3n) is 1.53. The fourth-order valence-corrected chi connectivity index (χ4v) is 1.52. The quantitative estimate of drug-likeness (QED) is 0.714. The van der Waals surface area contributed by atoms with Crippen LogP contribution in [0, 0.1) is 11.3 Å². The Kier molecular flexibility index (Phi) is 2.49. The molecule has 0 unspecified atom stereocenters. The molecule has 0 bridgehead atoms. The van der Waals surface area contributed by atoms with Crippen LogP contribution < -0.4 is 0 Å². The Hall–Kier alpha value is -1.60. The Bertz CT molecular complexity index is 451. The summed E-state index contributed by atoms with van der Waals surface area (Å²) in [6.07, 6.45) is 0. The van der Waals surface area contributed by atoms with E-state index in [0.717, 1.165) is 5.41 Å². The molecule has 0 saturated heterocycles. The zero-order valence-corrected chi connectivity index (χ0v) is 7.58. The number of hydrogen-bond acceptors (Lipinski definition) is 3. The average molecular weight is 193 g/mol. The molecule has 3 nitrogen and oxygen atoms in total. The van der Waals surface area contributed by atoms with Crippen LogP contribution in [-0.2, 0) is 9.84 Å². The third kappa shape index (κ3) is 1.95. The summed E-state index contributed by atoms with van der Waals surface area (Å²) < 4.78 is 22.4. The predicted octanol–water partition coefficient (Wildman–Crippen LogP) is 1.48. The molecule has 0 aliphatic heterocycles. The molecule has 0 spiro atoms. The summed E-state index contributed by atoms with van der Waals surface area (Å²) in [6, 6.07) is 7.58. The van der Waals surface area contributed by atoms with Gasteiger partial charge in [0.25, 0.3) is 0 Å². The molecule has 0 fully saturated rings. The molecule has 4 heteroatoms. The molecular formula is C9H7NO2S. The summed E-state index contributed by atoms with van der Waals surface area (Å²) in [5.74, 6) is 0. The van der Waals surface area contributed by atoms with Crippen molar-refractivity contribution in [3.63, 3.8) is 0 Å². The van der Waals surface area contributed by atoms with E-state index >= 15 is 0 Å². The van der Waals surface area contributed by atoms with E-state index in [9.17, 15) is 8.42 Å². The standard InChI is InChI=1S/C9H7NO2S/c1-2-13(11,12)9-5-3-8(7-10)4-6-9/h2-6H,1H2. The van der Waals surface area contributed by atoms with Gasteiger partial charge in [0.05, 0.1) is 16.5 Å². The Balaban J connectivity index is 3.23. The fraction of sp³-hybridized carbons (Fsp3) is 0. The number of sulfone groups is 1. The molecule has 0 heterocycles. The highest BCUT2D eigenvalue weighted by Gasteiger charge is 2.07. The van der Waals surface area contributed by atoms with Gasteiger partial charge >= 0.3 is 0 Å². The molecule has 1 rings (SSSR count). The molecule has 66 valence electrons. The van der Waals surface area contributed by atoms with E-state index in [2.05, 4.69) is 6.58 Å². The Morgan fingerprint density at radius 3 is 2.23 bits per heavy atom. The van der Waals surface area contributed by atoms with E-state index in [1.54, 1.807) is 0 Å². The predicted molar refractivity (Wildman–Crippen MR) is 48.5 cm³/mol. The first kappa shape index (κ1) is 9.49. The maximum absolute atomic E-state index is 11.2. The van der Waals surface area contributed by atoms with E-state index in [-0.39, 0.29) is 4.90 Å². The SMILES string of the molecule is C=CS(=O)(=O)c1ccc(C#N)cc1. The largest absolute Gasteiger partial charge is 0.219 e. The molecule has 0 amide bonds. The number of rotatable bonds is 2. The van der Waals surface area contributed by atoms with Crippen molar-refractivity contribution < 1.29 is 8.42 Å². The third-order valence-corrected chi connectivity index (χ3v) is 2.90. The topological polar surface area (TPSA) is 57.9 Å². The molecule has 0 radical (unpaired) electrons. The Morgan fingerprint density at radius 1 is 1.31 bits per heavy atom. The number of nitrogens with zero attached hydrogens (tertiary/aromatic N) is 1. The number of hydrogen-bond donors (Lipinski definition) is 0. The molecular weight excluding hydrogens is 186 g/mol. The van der Waals surface area contributed by atoms with Crippen LogP contribution in [0.1, 0.15) is 5.56 Å². The van der Waals surface area contributed by atoms with Gasteiger partial charge in [-0.1, -0.05) is 6.58 Å². The van der Waals surface area contributed by atoms with Crippen molar-refractivity contribution in [3.8, 4) is 6.07 Å². The van der Waals surface area contributed by atoms with Crippen LogP contribution in [-0.4, -0.2) is 8.42 Å². The van der Waals surface area contributed by atoms with Gasteiger partial charge in [-0.3, -0.25) is 0 Å². The van der Waals surface area contributed by atoms with Gasteiger partial charge in [-0.25, -0.2) is 8.42 Å². The average Bonchev–Trinajstić information content (AvgIpc) is 2.18. The monoisotopic (exact) mass is 193 g/mol. The second-order valence-corrected chi connectivity index (χ2v) is 4.24. The van der Waals surface area contributed by atoms with Crippen LogP contribution in [0.2, 0.25) is 0 Å². The van der Waals surface area contributed by atoms with Crippen molar-refractivity contribution in [2.24, 2.45) is 0 Å². The van der Waals surface area contributed by atoms with Crippen LogP contribution in [0.3, 0.4) is 0 Å². The lowest BCUT2D eigenvalue weighted by molar-refractivity contribution is 0.604. The van der Waals surface area contributed by atoms with E-state index in [4.69, 9.17) is 5.26 Å². The van der Waals surface area contributed by atoms with Crippen molar-refractivity contribution in [1.82, 2.24) is 0 Å². The number of benzene rings is 1. The summed E-state index contributed by atoms with van der Waals surface area (Å²) in [5.41, 5.74) is 0.433. The zero-order valence-electron chi connectivity index (χ0n) is 6.77.